The van der Waals surface area contributed by atoms with Gasteiger partial charge in [-0.05, 0) is 30.9 Å². The van der Waals surface area contributed by atoms with Crippen LogP contribution in [0.3, 0.4) is 0 Å². The smallest absolute Gasteiger partial charge is 0.326 e. The minimum absolute atomic E-state index is 0.0642. The molecule has 0 radical (unpaired) electrons. The second kappa shape index (κ2) is 14.3. The largest absolute Gasteiger partial charge is 0.480 e. The lowest BCUT2D eigenvalue weighted by atomic mass is 10.0. The zero-order valence-corrected chi connectivity index (χ0v) is 20.6. The van der Waals surface area contributed by atoms with E-state index in [0.29, 0.717) is 5.56 Å². The van der Waals surface area contributed by atoms with E-state index in [1.165, 1.54) is 6.92 Å². The third kappa shape index (κ3) is 10.1. The van der Waals surface area contributed by atoms with Crippen LogP contribution in [0.1, 0.15) is 30.9 Å². The maximum atomic E-state index is 13.0. The fourth-order valence-electron chi connectivity index (χ4n) is 3.52. The van der Waals surface area contributed by atoms with Gasteiger partial charge in [0.15, 0.2) is 0 Å². The zero-order valence-electron chi connectivity index (χ0n) is 20.6. The Morgan fingerprint density at radius 1 is 0.757 bits per heavy atom. The molecule has 0 saturated heterocycles. The molecule has 8 N–H and O–H groups in total. The van der Waals surface area contributed by atoms with Crippen molar-refractivity contribution in [3.8, 4) is 0 Å². The molecule has 0 aromatic heterocycles. The van der Waals surface area contributed by atoms with Crippen molar-refractivity contribution in [2.75, 3.05) is 0 Å². The number of aliphatic carboxylic acids is 1. The molecule has 4 unspecified atom stereocenters. The molecule has 0 heterocycles. The Kier molecular flexibility index (Phi) is 11.2. The number of carbonyl (C=O) groups is 5. The van der Waals surface area contributed by atoms with E-state index in [1.54, 1.807) is 30.3 Å². The van der Waals surface area contributed by atoms with Gasteiger partial charge in [0.25, 0.3) is 0 Å². The summed E-state index contributed by atoms with van der Waals surface area (Å²) in [5.41, 5.74) is 12.7. The molecule has 11 heteroatoms. The lowest BCUT2D eigenvalue weighted by Crippen LogP contribution is -2.57. The molecule has 2 rings (SSSR count). The first-order chi connectivity index (χ1) is 17.6. The van der Waals surface area contributed by atoms with Crippen molar-refractivity contribution in [1.29, 1.82) is 0 Å². The third-order valence-electron chi connectivity index (χ3n) is 5.60. The van der Waals surface area contributed by atoms with Crippen LogP contribution in [0.15, 0.2) is 60.7 Å². The lowest BCUT2D eigenvalue weighted by molar-refractivity contribution is -0.142. The Hall–Kier alpha value is -4.25. The minimum Gasteiger partial charge on any atom is -0.480 e. The maximum Gasteiger partial charge on any atom is 0.326 e. The number of nitrogens with one attached hydrogen (secondary N) is 3. The summed E-state index contributed by atoms with van der Waals surface area (Å²) >= 11 is 0. The van der Waals surface area contributed by atoms with E-state index in [2.05, 4.69) is 16.0 Å². The highest BCUT2D eigenvalue weighted by Gasteiger charge is 2.29. The predicted octanol–water partition coefficient (Wildman–Crippen LogP) is -0.376. The van der Waals surface area contributed by atoms with Crippen LogP contribution >= 0.6 is 0 Å². The van der Waals surface area contributed by atoms with Crippen LogP contribution in [0.25, 0.3) is 0 Å². The molecule has 37 heavy (non-hydrogen) atoms. The van der Waals surface area contributed by atoms with Gasteiger partial charge in [-0.1, -0.05) is 60.7 Å². The van der Waals surface area contributed by atoms with Gasteiger partial charge in [0.1, 0.15) is 18.1 Å². The highest BCUT2D eigenvalue weighted by molar-refractivity contribution is 5.94. The standard InChI is InChI=1S/C26H33N5O6/c1-16(29-24(34)19(27)14-17-8-4-2-5-9-17)23(33)31-21(15-18-10-6-3-7-11-18)25(35)30-20(26(36)37)12-13-22(28)32/h2-11,16,19-21H,12-15,27H2,1H3,(H2,28,32)(H,29,34)(H,30,35)(H,31,33)(H,36,37). The van der Waals surface area contributed by atoms with E-state index in [1.807, 2.05) is 30.3 Å². The first-order valence-electron chi connectivity index (χ1n) is 11.8. The van der Waals surface area contributed by atoms with E-state index in [4.69, 9.17) is 11.5 Å². The Morgan fingerprint density at radius 2 is 1.27 bits per heavy atom. The SMILES string of the molecule is CC(NC(=O)C(N)Cc1ccccc1)C(=O)NC(Cc1ccccc1)C(=O)NC(CCC(N)=O)C(=O)O. The number of primary amides is 1. The van der Waals surface area contributed by atoms with Crippen LogP contribution in [0.4, 0.5) is 0 Å². The molecule has 0 fully saturated rings. The summed E-state index contributed by atoms with van der Waals surface area (Å²) in [6.45, 7) is 1.45. The van der Waals surface area contributed by atoms with Crippen molar-refractivity contribution in [3.05, 3.63) is 71.8 Å². The maximum absolute atomic E-state index is 13.0. The van der Waals surface area contributed by atoms with Crippen LogP contribution in [-0.2, 0) is 36.8 Å². The monoisotopic (exact) mass is 511 g/mol. The van der Waals surface area contributed by atoms with E-state index in [9.17, 15) is 29.1 Å². The summed E-state index contributed by atoms with van der Waals surface area (Å²) < 4.78 is 0. The second-order valence-corrected chi connectivity index (χ2v) is 8.68. The number of rotatable bonds is 14. The van der Waals surface area contributed by atoms with E-state index in [0.717, 1.165) is 5.56 Å². The van der Waals surface area contributed by atoms with Crippen LogP contribution in [-0.4, -0.2) is 58.9 Å². The average molecular weight is 512 g/mol. The molecule has 2 aromatic carbocycles. The first kappa shape index (κ1) is 29.0. The zero-order chi connectivity index (χ0) is 27.4. The summed E-state index contributed by atoms with van der Waals surface area (Å²) in [4.78, 5) is 61.0. The van der Waals surface area contributed by atoms with Gasteiger partial charge in [-0.25, -0.2) is 4.79 Å². The number of carbonyl (C=O) groups excluding carboxylic acids is 4. The van der Waals surface area contributed by atoms with Gasteiger partial charge in [0.2, 0.25) is 23.6 Å². The highest BCUT2D eigenvalue weighted by atomic mass is 16.4. The first-order valence-corrected chi connectivity index (χ1v) is 11.8. The molecule has 0 saturated carbocycles. The Balaban J connectivity index is 2.06. The molecular weight excluding hydrogens is 478 g/mol. The van der Waals surface area contributed by atoms with Gasteiger partial charge >= 0.3 is 5.97 Å². The molecule has 2 aromatic rings. The van der Waals surface area contributed by atoms with Gasteiger partial charge in [0.05, 0.1) is 6.04 Å². The molecule has 4 atom stereocenters. The van der Waals surface area contributed by atoms with Crippen LogP contribution in [0, 0.1) is 0 Å². The number of amides is 4. The van der Waals surface area contributed by atoms with Gasteiger partial charge < -0.3 is 32.5 Å². The van der Waals surface area contributed by atoms with Gasteiger partial charge in [-0.3, -0.25) is 19.2 Å². The second-order valence-electron chi connectivity index (χ2n) is 8.68. The molecule has 4 amide bonds. The quantitative estimate of drug-likeness (QED) is 0.199. The summed E-state index contributed by atoms with van der Waals surface area (Å²) in [5.74, 6) is -3.99. The topological polar surface area (TPSA) is 194 Å². The van der Waals surface area contributed by atoms with Crippen molar-refractivity contribution in [3.63, 3.8) is 0 Å². The van der Waals surface area contributed by atoms with E-state index >= 15 is 0 Å². The fourth-order valence-corrected chi connectivity index (χ4v) is 3.52. The van der Waals surface area contributed by atoms with Crippen LogP contribution < -0.4 is 27.4 Å². The van der Waals surface area contributed by atoms with Crippen molar-refractivity contribution in [2.45, 2.75) is 56.8 Å². The highest BCUT2D eigenvalue weighted by Crippen LogP contribution is 2.07. The van der Waals surface area contributed by atoms with Crippen LogP contribution in [0.2, 0.25) is 0 Å². The summed E-state index contributed by atoms with van der Waals surface area (Å²) in [6, 6.07) is 13.6. The number of carboxylic acid groups (broad SMARTS) is 1. The molecule has 198 valence electrons. The Bertz CT molecular complexity index is 1080. The normalized spacial score (nSPS) is 13.9. The number of nitrogens with two attached hydrogens (primary N) is 2. The van der Waals surface area contributed by atoms with Crippen LogP contribution in [0.5, 0.6) is 0 Å². The van der Waals surface area contributed by atoms with Crippen molar-refractivity contribution < 1.29 is 29.1 Å². The lowest BCUT2D eigenvalue weighted by Gasteiger charge is -2.24. The number of benzene rings is 2. The van der Waals surface area contributed by atoms with Gasteiger partial charge in [0, 0.05) is 12.8 Å². The fraction of sp³-hybridized carbons (Fsp3) is 0.346. The Labute approximate surface area is 215 Å². The molecule has 0 aliphatic rings. The average Bonchev–Trinajstić information content (AvgIpc) is 2.86. The number of hydrogen-bond donors (Lipinski definition) is 6. The van der Waals surface area contributed by atoms with Gasteiger partial charge in [-0.15, -0.1) is 0 Å². The summed E-state index contributed by atoms with van der Waals surface area (Å²) in [7, 11) is 0. The molecule has 0 aliphatic carbocycles. The van der Waals surface area contributed by atoms with Crippen molar-refractivity contribution in [1.82, 2.24) is 16.0 Å². The molecule has 11 nitrogen and oxygen atoms in total. The molecular formula is C26H33N5O6. The van der Waals surface area contributed by atoms with Crippen molar-refractivity contribution in [2.24, 2.45) is 11.5 Å². The van der Waals surface area contributed by atoms with E-state index < -0.39 is 53.8 Å². The number of hydrogen-bond acceptors (Lipinski definition) is 6. The Morgan fingerprint density at radius 3 is 1.78 bits per heavy atom. The summed E-state index contributed by atoms with van der Waals surface area (Å²) in [6.07, 6.45) is -0.0931. The summed E-state index contributed by atoms with van der Waals surface area (Å²) in [5, 5.41) is 16.9. The number of carboxylic acids is 1. The molecule has 0 aliphatic heterocycles. The molecule has 0 bridgehead atoms. The van der Waals surface area contributed by atoms with E-state index in [-0.39, 0.29) is 25.7 Å². The van der Waals surface area contributed by atoms with Gasteiger partial charge in [-0.2, -0.15) is 0 Å². The third-order valence-corrected chi connectivity index (χ3v) is 5.60. The van der Waals surface area contributed by atoms with Crippen molar-refractivity contribution >= 4 is 29.6 Å². The minimum atomic E-state index is -1.37. The molecule has 0 spiro atoms. The predicted molar refractivity (Wildman–Crippen MR) is 136 cm³/mol.